The van der Waals surface area contributed by atoms with E-state index < -0.39 is 0 Å². The highest BCUT2D eigenvalue weighted by molar-refractivity contribution is 6.09. The van der Waals surface area contributed by atoms with Gasteiger partial charge in [0.05, 0.1) is 11.0 Å². The van der Waals surface area contributed by atoms with Crippen LogP contribution in [-0.2, 0) is 10.8 Å². The summed E-state index contributed by atoms with van der Waals surface area (Å²) in [7, 11) is 0. The van der Waals surface area contributed by atoms with Crippen LogP contribution in [0.2, 0.25) is 0 Å². The van der Waals surface area contributed by atoms with Crippen LogP contribution in [0.3, 0.4) is 0 Å². The van der Waals surface area contributed by atoms with Gasteiger partial charge in [-0.15, -0.1) is 0 Å². The fourth-order valence-electron chi connectivity index (χ4n) is 14.9. The predicted molar refractivity (Wildman–Crippen MR) is 248 cm³/mol. The Hall–Kier alpha value is -5.86. The highest BCUT2D eigenvalue weighted by Gasteiger charge is 2.59. The quantitative estimate of drug-likeness (QED) is 0.173. The molecular formula is C58H50N2. The molecule has 7 aliphatic rings. The molecule has 5 unspecified atom stereocenters. The van der Waals surface area contributed by atoms with Gasteiger partial charge in [0.2, 0.25) is 0 Å². The van der Waals surface area contributed by atoms with Crippen molar-refractivity contribution in [3.8, 4) is 27.9 Å². The molecule has 2 nitrogen and oxygen atoms in total. The molecule has 0 N–H and O–H groups in total. The number of rotatable bonds is 4. The van der Waals surface area contributed by atoms with Gasteiger partial charge in [0.15, 0.2) is 0 Å². The van der Waals surface area contributed by atoms with Crippen LogP contribution in [0.5, 0.6) is 0 Å². The van der Waals surface area contributed by atoms with Crippen molar-refractivity contribution in [2.45, 2.75) is 75.0 Å². The van der Waals surface area contributed by atoms with Gasteiger partial charge in [-0.2, -0.15) is 0 Å². The lowest BCUT2D eigenvalue weighted by Gasteiger charge is -2.53. The highest BCUT2D eigenvalue weighted by Crippen LogP contribution is 2.68. The lowest BCUT2D eigenvalue weighted by Crippen LogP contribution is -2.48. The van der Waals surface area contributed by atoms with Crippen molar-refractivity contribution in [2.75, 3.05) is 4.90 Å². The predicted octanol–water partition coefficient (Wildman–Crippen LogP) is 15.2. The first-order chi connectivity index (χ1) is 29.7. The molecule has 0 aliphatic heterocycles. The summed E-state index contributed by atoms with van der Waals surface area (Å²) in [5.74, 6) is 3.25. The van der Waals surface area contributed by atoms with Crippen LogP contribution in [0.4, 0.5) is 17.1 Å². The van der Waals surface area contributed by atoms with Crippen LogP contribution >= 0.6 is 0 Å². The Labute approximate surface area is 353 Å². The van der Waals surface area contributed by atoms with Gasteiger partial charge in [-0.3, -0.25) is 0 Å². The molecule has 0 radical (unpaired) electrons. The van der Waals surface area contributed by atoms with E-state index in [0.29, 0.717) is 5.92 Å². The molecule has 2 spiro atoms. The minimum Gasteiger partial charge on any atom is -0.310 e. The van der Waals surface area contributed by atoms with Gasteiger partial charge in [-0.1, -0.05) is 116 Å². The zero-order chi connectivity index (χ0) is 39.2. The van der Waals surface area contributed by atoms with Crippen molar-refractivity contribution >= 4 is 38.9 Å². The number of anilines is 3. The lowest BCUT2D eigenvalue weighted by molar-refractivity contribution is 0.0618. The number of benzene rings is 7. The van der Waals surface area contributed by atoms with Crippen molar-refractivity contribution in [2.24, 2.45) is 23.7 Å². The third-order valence-corrected chi connectivity index (χ3v) is 17.0. The molecule has 60 heavy (non-hydrogen) atoms. The van der Waals surface area contributed by atoms with Crippen LogP contribution in [-0.4, -0.2) is 4.57 Å². The topological polar surface area (TPSA) is 8.17 Å². The summed E-state index contributed by atoms with van der Waals surface area (Å²) in [5, 5.41) is 2.59. The van der Waals surface area contributed by atoms with Crippen LogP contribution < -0.4 is 4.90 Å². The van der Waals surface area contributed by atoms with Gasteiger partial charge >= 0.3 is 0 Å². The van der Waals surface area contributed by atoms with Gasteiger partial charge in [0.25, 0.3) is 0 Å². The summed E-state index contributed by atoms with van der Waals surface area (Å²) in [4.78, 5) is 2.60. The molecule has 5 saturated carbocycles. The van der Waals surface area contributed by atoms with Gasteiger partial charge in [0.1, 0.15) is 0 Å². The van der Waals surface area contributed by atoms with E-state index >= 15 is 0 Å². The Morgan fingerprint density at radius 1 is 0.433 bits per heavy atom. The molecule has 292 valence electrons. The average molecular weight is 775 g/mol. The maximum atomic E-state index is 2.68. The van der Waals surface area contributed by atoms with E-state index in [1.165, 1.54) is 131 Å². The molecule has 8 aromatic rings. The first-order valence-corrected chi connectivity index (χ1v) is 23.1. The second-order valence-corrected chi connectivity index (χ2v) is 19.6. The molecule has 1 heterocycles. The third kappa shape index (κ3) is 4.40. The first kappa shape index (κ1) is 33.9. The minimum atomic E-state index is 0.103. The summed E-state index contributed by atoms with van der Waals surface area (Å²) in [5.41, 5.74) is 19.8. The second-order valence-electron chi connectivity index (χ2n) is 19.6. The summed E-state index contributed by atoms with van der Waals surface area (Å²) in [6.07, 6.45) is 13.6. The SMILES string of the molecule is c1ccc2c(c1)-c1cc(N(c3ccc(-n4c5ccccc5c5ccccc54)cc3)c3ccc4c(c3)C3(c5ccccc5-4)C4CCC5CC(C4)CC3C5)ccc1C21CCCC1. The van der Waals surface area contributed by atoms with Gasteiger partial charge < -0.3 is 9.47 Å². The summed E-state index contributed by atoms with van der Waals surface area (Å²) in [6, 6.07) is 61.2. The van der Waals surface area contributed by atoms with Crippen molar-refractivity contribution in [1.82, 2.24) is 4.57 Å². The van der Waals surface area contributed by atoms with Gasteiger partial charge in [-0.25, -0.2) is 0 Å². The highest BCUT2D eigenvalue weighted by atomic mass is 15.1. The number of hydrogen-bond acceptors (Lipinski definition) is 1. The second kappa shape index (κ2) is 12.4. The Balaban J connectivity index is 0.973. The van der Waals surface area contributed by atoms with Crippen molar-refractivity contribution in [3.63, 3.8) is 0 Å². The molecule has 2 heteroatoms. The third-order valence-electron chi connectivity index (χ3n) is 17.0. The van der Waals surface area contributed by atoms with E-state index in [1.54, 1.807) is 22.3 Å². The molecule has 7 aromatic carbocycles. The summed E-state index contributed by atoms with van der Waals surface area (Å²) in [6.45, 7) is 0. The molecule has 15 rings (SSSR count). The maximum Gasteiger partial charge on any atom is 0.0541 e. The normalized spacial score (nSPS) is 24.9. The van der Waals surface area contributed by atoms with Crippen LogP contribution in [0.25, 0.3) is 49.7 Å². The van der Waals surface area contributed by atoms with E-state index in [2.05, 4.69) is 167 Å². The number of fused-ring (bicyclic) bond motifs is 12. The number of nitrogens with zero attached hydrogens (tertiary/aromatic N) is 2. The zero-order valence-electron chi connectivity index (χ0n) is 34.3. The molecule has 5 fully saturated rings. The van der Waals surface area contributed by atoms with Crippen molar-refractivity contribution in [3.05, 3.63) is 180 Å². The van der Waals surface area contributed by atoms with Crippen LogP contribution in [0, 0.1) is 23.7 Å². The maximum absolute atomic E-state index is 2.68. The van der Waals surface area contributed by atoms with E-state index in [4.69, 9.17) is 0 Å². The fraction of sp³-hybridized carbons (Fsp3) is 0.276. The monoisotopic (exact) mass is 774 g/mol. The Kier molecular flexibility index (Phi) is 6.98. The largest absolute Gasteiger partial charge is 0.310 e. The first-order valence-electron chi connectivity index (χ1n) is 23.1. The molecule has 1 aromatic heterocycles. The van der Waals surface area contributed by atoms with Gasteiger partial charge in [-0.05, 0) is 174 Å². The van der Waals surface area contributed by atoms with E-state index in [1.807, 2.05) is 0 Å². The van der Waals surface area contributed by atoms with E-state index in [0.717, 1.165) is 17.8 Å². The van der Waals surface area contributed by atoms with Crippen molar-refractivity contribution < 1.29 is 0 Å². The molecule has 0 amide bonds. The number of aromatic nitrogens is 1. The Morgan fingerprint density at radius 3 is 1.80 bits per heavy atom. The summed E-state index contributed by atoms with van der Waals surface area (Å²) < 4.78 is 2.44. The van der Waals surface area contributed by atoms with Crippen LogP contribution in [0.15, 0.2) is 158 Å². The molecular weight excluding hydrogens is 725 g/mol. The molecule has 7 aliphatic carbocycles. The molecule has 4 bridgehead atoms. The Bertz CT molecular complexity index is 2990. The van der Waals surface area contributed by atoms with Gasteiger partial charge in [0, 0.05) is 44.4 Å². The fourth-order valence-corrected chi connectivity index (χ4v) is 14.9. The zero-order valence-corrected chi connectivity index (χ0v) is 34.3. The standard InChI is InChI=1S/C58H50N2/c1-5-15-51-46(12-1)50-35-43(26-28-52(50)57(51)29-9-10-30-57)59(41-21-23-42(24-22-41)60-55-17-7-3-13-48(55)49-14-4-8-18-56(49)60)44-25-27-47-45-11-2-6-16-53(45)58(54(47)36-44)39-20-19-37-31-38(33-39)34-40(58)32-37/h1-8,11-18,21-28,35-40H,9-10,19-20,29-34H2. The lowest BCUT2D eigenvalue weighted by atomic mass is 9.51. The number of para-hydroxylation sites is 2. The smallest absolute Gasteiger partial charge is 0.0541 e. The Morgan fingerprint density at radius 2 is 1.02 bits per heavy atom. The van der Waals surface area contributed by atoms with E-state index in [-0.39, 0.29) is 10.8 Å². The minimum absolute atomic E-state index is 0.103. The van der Waals surface area contributed by atoms with E-state index in [9.17, 15) is 0 Å². The summed E-state index contributed by atoms with van der Waals surface area (Å²) >= 11 is 0. The number of hydrogen-bond donors (Lipinski definition) is 0. The molecule has 0 saturated heterocycles. The molecule has 5 atom stereocenters. The van der Waals surface area contributed by atoms with Crippen molar-refractivity contribution in [1.29, 1.82) is 0 Å². The average Bonchev–Trinajstić information content (AvgIpc) is 4.02. The van der Waals surface area contributed by atoms with Crippen LogP contribution in [0.1, 0.15) is 86.5 Å².